The zero-order chi connectivity index (χ0) is 11.0. The SMILES string of the molecule is O=[N+]([O-])c1c(F)c(F)c(Cl)c(F)c1Cl. The van der Waals surface area contributed by atoms with E-state index in [4.69, 9.17) is 23.2 Å². The van der Waals surface area contributed by atoms with Gasteiger partial charge in [0.15, 0.2) is 16.7 Å². The van der Waals surface area contributed by atoms with Gasteiger partial charge in [-0.15, -0.1) is 0 Å². The maximum absolute atomic E-state index is 12.8. The van der Waals surface area contributed by atoms with Gasteiger partial charge < -0.3 is 0 Å². The number of rotatable bonds is 1. The summed E-state index contributed by atoms with van der Waals surface area (Å²) >= 11 is 10.0. The molecule has 1 aromatic carbocycles. The molecule has 1 rings (SSSR count). The Balaban J connectivity index is 3.68. The van der Waals surface area contributed by atoms with Crippen LogP contribution in [0.3, 0.4) is 0 Å². The first-order valence-corrected chi connectivity index (χ1v) is 3.79. The molecule has 14 heavy (non-hydrogen) atoms. The number of hydrogen-bond acceptors (Lipinski definition) is 2. The number of nitro groups is 1. The number of halogens is 5. The van der Waals surface area contributed by atoms with E-state index in [0.717, 1.165) is 0 Å². The van der Waals surface area contributed by atoms with Crippen LogP contribution in [0.2, 0.25) is 10.0 Å². The zero-order valence-corrected chi connectivity index (χ0v) is 7.67. The Kier molecular flexibility index (Phi) is 2.86. The van der Waals surface area contributed by atoms with Crippen LogP contribution in [-0.4, -0.2) is 4.92 Å². The fourth-order valence-electron chi connectivity index (χ4n) is 0.754. The van der Waals surface area contributed by atoms with Crippen LogP contribution in [0.25, 0.3) is 0 Å². The van der Waals surface area contributed by atoms with Crippen LogP contribution in [0.4, 0.5) is 18.9 Å². The van der Waals surface area contributed by atoms with Crippen molar-refractivity contribution in [3.63, 3.8) is 0 Å². The second kappa shape index (κ2) is 3.62. The minimum Gasteiger partial charge on any atom is -0.258 e. The predicted molar refractivity (Wildman–Crippen MR) is 43.0 cm³/mol. The first-order valence-electron chi connectivity index (χ1n) is 3.03. The van der Waals surface area contributed by atoms with E-state index in [1.807, 2.05) is 0 Å². The first-order chi connectivity index (χ1) is 6.37. The van der Waals surface area contributed by atoms with Crippen LogP contribution in [-0.2, 0) is 0 Å². The highest BCUT2D eigenvalue weighted by atomic mass is 35.5. The van der Waals surface area contributed by atoms with Crippen LogP contribution < -0.4 is 0 Å². The smallest absolute Gasteiger partial charge is 0.258 e. The van der Waals surface area contributed by atoms with E-state index >= 15 is 0 Å². The van der Waals surface area contributed by atoms with E-state index in [-0.39, 0.29) is 0 Å². The molecule has 0 amide bonds. The van der Waals surface area contributed by atoms with Crippen molar-refractivity contribution in [1.82, 2.24) is 0 Å². The van der Waals surface area contributed by atoms with Crippen molar-refractivity contribution >= 4 is 28.9 Å². The molecule has 8 heteroatoms. The monoisotopic (exact) mass is 245 g/mol. The van der Waals surface area contributed by atoms with Gasteiger partial charge in [-0.05, 0) is 0 Å². The third-order valence-electron chi connectivity index (χ3n) is 1.37. The summed E-state index contributed by atoms with van der Waals surface area (Å²) in [5.74, 6) is -5.27. The summed E-state index contributed by atoms with van der Waals surface area (Å²) in [5, 5.41) is 7.80. The second-order valence-electron chi connectivity index (χ2n) is 2.18. The standard InChI is InChI=1S/C6Cl2F3NO2/c7-1-3(9)2(8)6(12(13)14)5(11)4(1)10. The highest BCUT2D eigenvalue weighted by molar-refractivity contribution is 6.36. The number of benzene rings is 1. The normalized spacial score (nSPS) is 10.4. The van der Waals surface area contributed by atoms with Gasteiger partial charge >= 0.3 is 5.69 Å². The Bertz CT molecular complexity index is 395. The van der Waals surface area contributed by atoms with Crippen molar-refractivity contribution in [3.8, 4) is 0 Å². The summed E-state index contributed by atoms with van der Waals surface area (Å²) in [4.78, 5) is 8.83. The quantitative estimate of drug-likeness (QED) is 0.330. The summed E-state index contributed by atoms with van der Waals surface area (Å²) in [6.45, 7) is 0. The van der Waals surface area contributed by atoms with E-state index < -0.39 is 38.1 Å². The molecule has 0 spiro atoms. The van der Waals surface area contributed by atoms with Crippen LogP contribution in [0.5, 0.6) is 0 Å². The van der Waals surface area contributed by atoms with E-state index in [2.05, 4.69) is 0 Å². The van der Waals surface area contributed by atoms with Crippen molar-refractivity contribution < 1.29 is 18.1 Å². The fraction of sp³-hybridized carbons (Fsp3) is 0. The molecule has 0 radical (unpaired) electrons. The molecule has 0 fully saturated rings. The maximum Gasteiger partial charge on any atom is 0.329 e. The lowest BCUT2D eigenvalue weighted by Crippen LogP contribution is -2.00. The second-order valence-corrected chi connectivity index (χ2v) is 2.93. The Morgan fingerprint density at radius 1 is 1.00 bits per heavy atom. The largest absolute Gasteiger partial charge is 0.329 e. The number of nitrogens with zero attached hydrogens (tertiary/aromatic N) is 1. The first kappa shape index (κ1) is 11.1. The molecule has 0 saturated heterocycles. The zero-order valence-electron chi connectivity index (χ0n) is 6.15. The van der Waals surface area contributed by atoms with Crippen molar-refractivity contribution in [1.29, 1.82) is 0 Å². The number of hydrogen-bond donors (Lipinski definition) is 0. The third kappa shape index (κ3) is 1.51. The maximum atomic E-state index is 12.8. The van der Waals surface area contributed by atoms with Gasteiger partial charge in [0.05, 0.1) is 4.92 Å². The Labute approximate surface area is 85.2 Å². The third-order valence-corrected chi connectivity index (χ3v) is 2.05. The minimum atomic E-state index is -1.88. The van der Waals surface area contributed by atoms with Gasteiger partial charge in [-0.25, -0.2) is 8.78 Å². The fourth-order valence-corrected chi connectivity index (χ4v) is 1.23. The van der Waals surface area contributed by atoms with Crippen LogP contribution >= 0.6 is 23.2 Å². The molecular weight excluding hydrogens is 246 g/mol. The van der Waals surface area contributed by atoms with Gasteiger partial charge in [0.2, 0.25) is 5.82 Å². The molecule has 0 heterocycles. The molecule has 0 aliphatic carbocycles. The van der Waals surface area contributed by atoms with E-state index in [1.165, 1.54) is 0 Å². The molecule has 1 aromatic rings. The van der Waals surface area contributed by atoms with E-state index in [9.17, 15) is 23.3 Å². The highest BCUT2D eigenvalue weighted by Crippen LogP contribution is 2.36. The van der Waals surface area contributed by atoms with E-state index in [0.29, 0.717) is 0 Å². The lowest BCUT2D eigenvalue weighted by Gasteiger charge is -2.02. The molecule has 0 saturated carbocycles. The van der Waals surface area contributed by atoms with Gasteiger partial charge in [0.25, 0.3) is 0 Å². The predicted octanol–water partition coefficient (Wildman–Crippen LogP) is 3.32. The molecule has 0 aliphatic heterocycles. The molecule has 0 N–H and O–H groups in total. The highest BCUT2D eigenvalue weighted by Gasteiger charge is 2.30. The molecule has 0 aliphatic rings. The summed E-state index contributed by atoms with van der Waals surface area (Å²) in [5.41, 5.74) is -1.47. The van der Waals surface area contributed by atoms with Crippen molar-refractivity contribution in [3.05, 3.63) is 37.6 Å². The van der Waals surface area contributed by atoms with Gasteiger partial charge in [0.1, 0.15) is 5.02 Å². The molecular formula is C6Cl2F3NO2. The van der Waals surface area contributed by atoms with E-state index in [1.54, 1.807) is 0 Å². The van der Waals surface area contributed by atoms with Gasteiger partial charge in [-0.3, -0.25) is 10.1 Å². The summed E-state index contributed by atoms with van der Waals surface area (Å²) in [6.07, 6.45) is 0. The molecule has 0 bridgehead atoms. The van der Waals surface area contributed by atoms with Crippen LogP contribution in [0.15, 0.2) is 0 Å². The van der Waals surface area contributed by atoms with Crippen molar-refractivity contribution in [2.75, 3.05) is 0 Å². The minimum absolute atomic E-state index is 1.15. The molecule has 0 unspecified atom stereocenters. The van der Waals surface area contributed by atoms with Crippen molar-refractivity contribution in [2.45, 2.75) is 0 Å². The van der Waals surface area contributed by atoms with Crippen molar-refractivity contribution in [2.24, 2.45) is 0 Å². The molecule has 76 valence electrons. The Morgan fingerprint density at radius 3 is 1.93 bits per heavy atom. The van der Waals surface area contributed by atoms with Gasteiger partial charge in [-0.2, -0.15) is 4.39 Å². The summed E-state index contributed by atoms with van der Waals surface area (Å²) < 4.78 is 38.3. The Hall–Kier alpha value is -1.01. The summed E-state index contributed by atoms with van der Waals surface area (Å²) in [6, 6.07) is 0. The number of nitro benzene ring substituents is 1. The lowest BCUT2D eigenvalue weighted by atomic mass is 10.3. The summed E-state index contributed by atoms with van der Waals surface area (Å²) in [7, 11) is 0. The van der Waals surface area contributed by atoms with Gasteiger partial charge in [-0.1, -0.05) is 23.2 Å². The molecule has 0 aromatic heterocycles. The average molecular weight is 246 g/mol. The molecule has 3 nitrogen and oxygen atoms in total. The topological polar surface area (TPSA) is 43.1 Å². The van der Waals surface area contributed by atoms with Crippen LogP contribution in [0.1, 0.15) is 0 Å². The van der Waals surface area contributed by atoms with Gasteiger partial charge in [0, 0.05) is 0 Å². The average Bonchev–Trinajstić information content (AvgIpc) is 2.11. The lowest BCUT2D eigenvalue weighted by molar-refractivity contribution is -0.387. The van der Waals surface area contributed by atoms with Crippen LogP contribution in [0, 0.1) is 27.6 Å². The Morgan fingerprint density at radius 2 is 1.50 bits per heavy atom. The molecule has 0 atom stereocenters.